The maximum atomic E-state index is 13.8. The van der Waals surface area contributed by atoms with Crippen LogP contribution in [0.3, 0.4) is 0 Å². The number of fused-ring (bicyclic) bond motifs is 1. The third kappa shape index (κ3) is 5.14. The SMILES string of the molecule is CN(C)C1CCN(c2cc(NC(=O)N3CCCc4cc(-c5cncc(F)c5)c(C=O)nc43)ncc2N)CC1. The normalized spacial score (nSPS) is 15.9. The van der Waals surface area contributed by atoms with Gasteiger partial charge in [0.2, 0.25) is 0 Å². The second-order valence-electron chi connectivity index (χ2n) is 9.91. The van der Waals surface area contributed by atoms with E-state index in [1.807, 2.05) is 0 Å². The number of amides is 2. The van der Waals surface area contributed by atoms with Gasteiger partial charge in [0.15, 0.2) is 6.29 Å². The number of carbonyl (C=O) groups is 2. The van der Waals surface area contributed by atoms with Gasteiger partial charge in [-0.05, 0) is 57.5 Å². The number of aryl methyl sites for hydroxylation is 1. The zero-order chi connectivity index (χ0) is 26.8. The molecule has 1 saturated heterocycles. The second kappa shape index (κ2) is 10.7. The molecular weight excluding hydrogens is 487 g/mol. The summed E-state index contributed by atoms with van der Waals surface area (Å²) < 4.78 is 13.8. The molecule has 0 atom stereocenters. The molecule has 3 aromatic rings. The van der Waals surface area contributed by atoms with Crippen LogP contribution < -0.4 is 20.9 Å². The fourth-order valence-corrected chi connectivity index (χ4v) is 5.19. The minimum atomic E-state index is -0.504. The molecule has 5 rings (SSSR count). The van der Waals surface area contributed by atoms with Gasteiger partial charge in [-0.15, -0.1) is 0 Å². The highest BCUT2D eigenvalue weighted by Gasteiger charge is 2.27. The number of aromatic nitrogens is 3. The Bertz CT molecular complexity index is 1360. The molecule has 2 aliphatic rings. The van der Waals surface area contributed by atoms with E-state index >= 15 is 0 Å². The van der Waals surface area contributed by atoms with E-state index in [2.05, 4.69) is 44.2 Å². The summed E-state index contributed by atoms with van der Waals surface area (Å²) in [6, 6.07) is 5.04. The van der Waals surface area contributed by atoms with Gasteiger partial charge in [0.05, 0.1) is 23.8 Å². The van der Waals surface area contributed by atoms with Crippen LogP contribution in [0.25, 0.3) is 11.1 Å². The van der Waals surface area contributed by atoms with Crippen molar-refractivity contribution >= 4 is 35.3 Å². The molecule has 198 valence electrons. The average Bonchev–Trinajstić information content (AvgIpc) is 2.93. The van der Waals surface area contributed by atoms with E-state index in [0.717, 1.165) is 43.4 Å². The quantitative estimate of drug-likeness (QED) is 0.492. The molecule has 0 aromatic carbocycles. The van der Waals surface area contributed by atoms with Gasteiger partial charge in [-0.2, -0.15) is 0 Å². The summed E-state index contributed by atoms with van der Waals surface area (Å²) in [6.45, 7) is 2.17. The fraction of sp³-hybridized carbons (Fsp3) is 0.370. The molecular formula is C27H31FN8O2. The molecule has 0 saturated carbocycles. The topological polar surface area (TPSA) is 121 Å². The number of hydrogen-bond donors (Lipinski definition) is 2. The van der Waals surface area contributed by atoms with Gasteiger partial charge in [-0.1, -0.05) is 0 Å². The number of nitrogens with zero attached hydrogens (tertiary/aromatic N) is 6. The Morgan fingerprint density at radius 3 is 2.66 bits per heavy atom. The number of rotatable bonds is 5. The van der Waals surface area contributed by atoms with E-state index in [1.54, 1.807) is 18.3 Å². The van der Waals surface area contributed by atoms with Gasteiger partial charge in [0.1, 0.15) is 23.1 Å². The lowest BCUT2D eigenvalue weighted by Crippen LogP contribution is -2.42. The standard InChI is InChI=1S/C27H31FN8O2/c1-34(2)20-5-8-35(9-6-20)24-12-25(31-15-22(24)29)33-27(38)36-7-3-4-17-11-21(23(16-37)32-26(17)36)18-10-19(28)14-30-13-18/h10-16,20H,3-9,29H2,1-2H3,(H,31,33,38). The maximum absolute atomic E-state index is 13.8. The van der Waals surface area contributed by atoms with Gasteiger partial charge >= 0.3 is 6.03 Å². The lowest BCUT2D eigenvalue weighted by Gasteiger charge is -2.37. The molecule has 11 heteroatoms. The van der Waals surface area contributed by atoms with Crippen molar-refractivity contribution in [3.63, 3.8) is 0 Å². The molecule has 0 radical (unpaired) electrons. The number of nitrogen functional groups attached to an aromatic ring is 1. The first-order valence-corrected chi connectivity index (χ1v) is 12.7. The van der Waals surface area contributed by atoms with Crippen molar-refractivity contribution in [1.82, 2.24) is 19.9 Å². The van der Waals surface area contributed by atoms with Crippen LogP contribution in [0.2, 0.25) is 0 Å². The zero-order valence-electron chi connectivity index (χ0n) is 21.5. The third-order valence-corrected chi connectivity index (χ3v) is 7.25. The molecule has 0 aliphatic carbocycles. The summed E-state index contributed by atoms with van der Waals surface area (Å²) in [6.07, 6.45) is 8.20. The monoisotopic (exact) mass is 518 g/mol. The molecule has 0 unspecified atom stereocenters. The number of carbonyl (C=O) groups excluding carboxylic acids is 2. The van der Waals surface area contributed by atoms with Crippen molar-refractivity contribution in [3.8, 4) is 11.1 Å². The Morgan fingerprint density at radius 2 is 1.95 bits per heavy atom. The van der Waals surface area contributed by atoms with Crippen LogP contribution in [0.5, 0.6) is 0 Å². The smallest absolute Gasteiger partial charge is 0.328 e. The number of piperidine rings is 1. The number of aldehydes is 1. The number of anilines is 4. The number of halogens is 1. The van der Waals surface area contributed by atoms with E-state index in [9.17, 15) is 14.0 Å². The van der Waals surface area contributed by atoms with E-state index in [4.69, 9.17) is 5.73 Å². The highest BCUT2D eigenvalue weighted by atomic mass is 19.1. The van der Waals surface area contributed by atoms with Crippen LogP contribution in [0, 0.1) is 5.82 Å². The van der Waals surface area contributed by atoms with Crippen molar-refractivity contribution in [2.24, 2.45) is 0 Å². The second-order valence-corrected chi connectivity index (χ2v) is 9.91. The first-order chi connectivity index (χ1) is 18.3. The lowest BCUT2D eigenvalue weighted by atomic mass is 9.98. The summed E-state index contributed by atoms with van der Waals surface area (Å²) in [5.74, 6) is 0.292. The van der Waals surface area contributed by atoms with Crippen LogP contribution >= 0.6 is 0 Å². The Balaban J connectivity index is 1.37. The number of nitrogens with one attached hydrogen (secondary N) is 1. The summed E-state index contributed by atoms with van der Waals surface area (Å²) in [4.78, 5) is 43.9. The van der Waals surface area contributed by atoms with Crippen LogP contribution in [-0.2, 0) is 6.42 Å². The number of hydrogen-bond acceptors (Lipinski definition) is 8. The highest BCUT2D eigenvalue weighted by molar-refractivity contribution is 6.02. The van der Waals surface area contributed by atoms with Gasteiger partial charge < -0.3 is 15.5 Å². The Kier molecular flexibility index (Phi) is 7.19. The summed E-state index contributed by atoms with van der Waals surface area (Å²) >= 11 is 0. The van der Waals surface area contributed by atoms with E-state index < -0.39 is 11.8 Å². The molecule has 3 aromatic heterocycles. The first-order valence-electron chi connectivity index (χ1n) is 12.7. The molecule has 2 aliphatic heterocycles. The van der Waals surface area contributed by atoms with Crippen LogP contribution in [0.4, 0.5) is 32.2 Å². The molecule has 2 amide bonds. The molecule has 1 fully saturated rings. The lowest BCUT2D eigenvalue weighted by molar-refractivity contribution is 0.111. The largest absolute Gasteiger partial charge is 0.396 e. The molecule has 5 heterocycles. The minimum Gasteiger partial charge on any atom is -0.396 e. The first kappa shape index (κ1) is 25.5. The van der Waals surface area contributed by atoms with Gasteiger partial charge in [-0.25, -0.2) is 19.2 Å². The fourth-order valence-electron chi connectivity index (χ4n) is 5.19. The molecule has 38 heavy (non-hydrogen) atoms. The van der Waals surface area contributed by atoms with E-state index in [1.165, 1.54) is 17.2 Å². The Hall–Kier alpha value is -4.12. The van der Waals surface area contributed by atoms with Crippen molar-refractivity contribution < 1.29 is 14.0 Å². The third-order valence-electron chi connectivity index (χ3n) is 7.25. The van der Waals surface area contributed by atoms with Crippen molar-refractivity contribution in [3.05, 3.63) is 53.9 Å². The van der Waals surface area contributed by atoms with Crippen LogP contribution in [0.15, 0.2) is 36.8 Å². The van der Waals surface area contributed by atoms with E-state index in [0.29, 0.717) is 60.2 Å². The van der Waals surface area contributed by atoms with Gasteiger partial charge in [0.25, 0.3) is 0 Å². The van der Waals surface area contributed by atoms with Gasteiger partial charge in [-0.3, -0.25) is 20.0 Å². The summed E-state index contributed by atoms with van der Waals surface area (Å²) in [5, 5.41) is 2.88. The summed E-state index contributed by atoms with van der Waals surface area (Å²) in [5.41, 5.74) is 9.51. The number of urea groups is 1. The predicted molar refractivity (Wildman–Crippen MR) is 145 cm³/mol. The predicted octanol–water partition coefficient (Wildman–Crippen LogP) is 3.59. The highest BCUT2D eigenvalue weighted by Crippen LogP contribution is 2.33. The van der Waals surface area contributed by atoms with Crippen LogP contribution in [-0.4, -0.2) is 71.9 Å². The molecule has 10 nitrogen and oxygen atoms in total. The molecule has 0 spiro atoms. The molecule has 3 N–H and O–H groups in total. The number of pyridine rings is 3. The average molecular weight is 519 g/mol. The summed E-state index contributed by atoms with van der Waals surface area (Å²) in [7, 11) is 4.19. The Labute approximate surface area is 220 Å². The van der Waals surface area contributed by atoms with Crippen molar-refractivity contribution in [2.45, 2.75) is 31.7 Å². The van der Waals surface area contributed by atoms with Gasteiger partial charge in [0, 0.05) is 49.1 Å². The number of nitrogens with two attached hydrogens (primary N) is 1. The Morgan fingerprint density at radius 1 is 1.16 bits per heavy atom. The van der Waals surface area contributed by atoms with Crippen molar-refractivity contribution in [1.29, 1.82) is 0 Å². The zero-order valence-corrected chi connectivity index (χ0v) is 21.5. The maximum Gasteiger partial charge on any atom is 0.328 e. The van der Waals surface area contributed by atoms with Crippen LogP contribution in [0.1, 0.15) is 35.3 Å². The van der Waals surface area contributed by atoms with Crippen molar-refractivity contribution in [2.75, 3.05) is 54.6 Å². The van der Waals surface area contributed by atoms with E-state index in [-0.39, 0.29) is 5.69 Å². The molecule has 0 bridgehead atoms. The minimum absolute atomic E-state index is 0.116.